The SMILES string of the molecule is Oc1ccc(C2Oc3ccc(/C=C/c4cc(O)cc5c4[C@H](c4cc(O)cc(O)c4)[C@@H](c4ccc(O)cc4)O5)cc3[C@@H]2c2cc(O)cc3c2[C@H](c2cc(O)cc(O)c2)C(c2ccc(O)cc2)O3)cc1. The molecular formula is C56H42O12. The van der Waals surface area contributed by atoms with Gasteiger partial charge in [-0.2, -0.15) is 0 Å². The predicted octanol–water partition coefficient (Wildman–Crippen LogP) is 11.0. The van der Waals surface area contributed by atoms with E-state index in [0.29, 0.717) is 56.2 Å². The maximum Gasteiger partial charge on any atom is 0.135 e. The number of hydrogen-bond donors (Lipinski definition) is 9. The van der Waals surface area contributed by atoms with Crippen LogP contribution in [0.3, 0.4) is 0 Å². The smallest absolute Gasteiger partial charge is 0.135 e. The standard InChI is InChI=1S/C56H42O12/c57-35-10-4-29(5-11-35)54-50(33-19-38(60)23-39(61)20-33)49-32(18-42(64)26-47(49)67-54)3-1-28-2-16-46-44(17-28)52(56(66-46)31-8-14-37(59)15-9-31)45-25-43(65)27-48-53(45)51(34-21-40(62)24-41(63)22-34)55(68-48)30-6-12-36(58)13-7-30/h1-27,50-52,54-65H/b3-1+/t50-,51-,52+,54+,55?,56?/m0/s1. The predicted molar refractivity (Wildman–Crippen MR) is 251 cm³/mol. The van der Waals surface area contributed by atoms with Gasteiger partial charge in [-0.1, -0.05) is 54.6 Å². The van der Waals surface area contributed by atoms with E-state index in [2.05, 4.69) is 0 Å². The van der Waals surface area contributed by atoms with Crippen LogP contribution in [0.15, 0.2) is 152 Å². The fraction of sp³-hybridized carbons (Fsp3) is 0.107. The Bertz CT molecular complexity index is 3250. The fourth-order valence-corrected chi connectivity index (χ4v) is 10.2. The summed E-state index contributed by atoms with van der Waals surface area (Å²) in [5.41, 5.74) is 7.38. The van der Waals surface area contributed by atoms with Crippen molar-refractivity contribution in [2.45, 2.75) is 36.1 Å². The third-order valence-corrected chi connectivity index (χ3v) is 13.0. The zero-order valence-electron chi connectivity index (χ0n) is 35.8. The Morgan fingerprint density at radius 2 is 0.706 bits per heavy atom. The molecule has 3 heterocycles. The van der Waals surface area contributed by atoms with Crippen LogP contribution in [-0.2, 0) is 0 Å². The Morgan fingerprint density at radius 1 is 0.294 bits per heavy atom. The molecule has 8 aromatic carbocycles. The van der Waals surface area contributed by atoms with Gasteiger partial charge in [0.05, 0.1) is 17.8 Å². The van der Waals surface area contributed by atoms with Crippen molar-refractivity contribution in [3.8, 4) is 69.0 Å². The van der Waals surface area contributed by atoms with E-state index in [9.17, 15) is 46.0 Å². The van der Waals surface area contributed by atoms with E-state index in [-0.39, 0.29) is 51.7 Å². The highest BCUT2D eigenvalue weighted by Gasteiger charge is 2.46. The van der Waals surface area contributed by atoms with Crippen LogP contribution in [0, 0.1) is 0 Å². The summed E-state index contributed by atoms with van der Waals surface area (Å²) in [6.07, 6.45) is 1.69. The largest absolute Gasteiger partial charge is 0.508 e. The van der Waals surface area contributed by atoms with Crippen LogP contribution in [0.1, 0.15) is 97.3 Å². The maximum absolute atomic E-state index is 11.5. The summed E-state index contributed by atoms with van der Waals surface area (Å²) in [7, 11) is 0. The van der Waals surface area contributed by atoms with Gasteiger partial charge in [-0.25, -0.2) is 0 Å². The molecule has 0 radical (unpaired) electrons. The van der Waals surface area contributed by atoms with Crippen LogP contribution in [-0.4, -0.2) is 46.0 Å². The molecule has 9 N–H and O–H groups in total. The van der Waals surface area contributed by atoms with Gasteiger partial charge < -0.3 is 60.2 Å². The number of rotatable bonds is 8. The summed E-state index contributed by atoms with van der Waals surface area (Å²) >= 11 is 0. The summed E-state index contributed by atoms with van der Waals surface area (Å²) in [6.45, 7) is 0. The highest BCUT2D eigenvalue weighted by molar-refractivity contribution is 5.76. The summed E-state index contributed by atoms with van der Waals surface area (Å²) in [5, 5.41) is 96.0. The minimum Gasteiger partial charge on any atom is -0.508 e. The van der Waals surface area contributed by atoms with Gasteiger partial charge in [0.25, 0.3) is 0 Å². The fourth-order valence-electron chi connectivity index (χ4n) is 10.2. The van der Waals surface area contributed by atoms with Gasteiger partial charge in [0.1, 0.15) is 87.3 Å². The molecule has 3 aliphatic heterocycles. The van der Waals surface area contributed by atoms with Crippen LogP contribution in [0.4, 0.5) is 0 Å². The van der Waals surface area contributed by atoms with Crippen LogP contribution >= 0.6 is 0 Å². The highest BCUT2D eigenvalue weighted by Crippen LogP contribution is 2.59. The molecule has 12 heteroatoms. The lowest BCUT2D eigenvalue weighted by molar-refractivity contribution is 0.220. The van der Waals surface area contributed by atoms with Gasteiger partial charge in [-0.05, 0) is 129 Å². The van der Waals surface area contributed by atoms with Crippen LogP contribution in [0.5, 0.6) is 69.0 Å². The second kappa shape index (κ2) is 16.2. The number of aromatic hydroxyl groups is 9. The first-order valence-corrected chi connectivity index (χ1v) is 21.8. The van der Waals surface area contributed by atoms with Gasteiger partial charge in [0.15, 0.2) is 0 Å². The lowest BCUT2D eigenvalue weighted by atomic mass is 9.76. The molecule has 0 spiro atoms. The van der Waals surface area contributed by atoms with E-state index >= 15 is 0 Å². The number of phenols is 9. The normalized spacial score (nSPS) is 20.0. The maximum atomic E-state index is 11.5. The van der Waals surface area contributed by atoms with Crippen molar-refractivity contribution in [2.75, 3.05) is 0 Å². The van der Waals surface area contributed by atoms with Crippen molar-refractivity contribution in [3.05, 3.63) is 213 Å². The van der Waals surface area contributed by atoms with Gasteiger partial charge in [-0.15, -0.1) is 0 Å². The van der Waals surface area contributed by atoms with Gasteiger partial charge >= 0.3 is 0 Å². The Kier molecular flexibility index (Phi) is 9.96. The van der Waals surface area contributed by atoms with Crippen molar-refractivity contribution in [1.82, 2.24) is 0 Å². The van der Waals surface area contributed by atoms with Gasteiger partial charge in [-0.3, -0.25) is 0 Å². The van der Waals surface area contributed by atoms with E-state index in [1.165, 1.54) is 24.3 Å². The van der Waals surface area contributed by atoms with Crippen molar-refractivity contribution in [3.63, 3.8) is 0 Å². The van der Waals surface area contributed by atoms with Crippen LogP contribution in [0.25, 0.3) is 12.2 Å². The number of ether oxygens (including phenoxy) is 3. The third kappa shape index (κ3) is 7.47. The Balaban J connectivity index is 1.05. The molecule has 12 nitrogen and oxygen atoms in total. The lowest BCUT2D eigenvalue weighted by Crippen LogP contribution is -2.16. The van der Waals surface area contributed by atoms with Crippen molar-refractivity contribution < 1.29 is 60.2 Å². The van der Waals surface area contributed by atoms with E-state index in [4.69, 9.17) is 14.2 Å². The first-order chi connectivity index (χ1) is 32.8. The van der Waals surface area contributed by atoms with Crippen molar-refractivity contribution >= 4 is 12.2 Å². The second-order valence-electron chi connectivity index (χ2n) is 17.4. The molecule has 8 aromatic rings. The van der Waals surface area contributed by atoms with Crippen molar-refractivity contribution in [1.29, 1.82) is 0 Å². The van der Waals surface area contributed by atoms with E-state index < -0.39 is 36.1 Å². The molecule has 0 saturated heterocycles. The molecule has 0 aliphatic carbocycles. The molecule has 0 saturated carbocycles. The molecule has 0 amide bonds. The Labute approximate surface area is 389 Å². The summed E-state index contributed by atoms with van der Waals surface area (Å²) in [6, 6.07) is 40.7. The van der Waals surface area contributed by atoms with E-state index in [0.717, 1.165) is 22.3 Å². The molecule has 11 rings (SSSR count). The number of phenolic OH excluding ortho intramolecular Hbond substituents is 9. The number of benzene rings is 8. The van der Waals surface area contributed by atoms with E-state index in [1.54, 1.807) is 109 Å². The number of hydrogen-bond acceptors (Lipinski definition) is 12. The Hall–Kier alpha value is -8.90. The average Bonchev–Trinajstić information content (AvgIpc) is 4.00. The molecule has 3 aliphatic rings. The van der Waals surface area contributed by atoms with Crippen LogP contribution < -0.4 is 14.2 Å². The summed E-state index contributed by atoms with van der Waals surface area (Å²) < 4.78 is 20.0. The topological polar surface area (TPSA) is 210 Å². The molecule has 68 heavy (non-hydrogen) atoms. The van der Waals surface area contributed by atoms with Gasteiger partial charge in [0.2, 0.25) is 0 Å². The first-order valence-electron chi connectivity index (χ1n) is 21.8. The molecule has 338 valence electrons. The average molecular weight is 907 g/mol. The van der Waals surface area contributed by atoms with E-state index in [1.807, 2.05) is 30.4 Å². The minimum absolute atomic E-state index is 0.0494. The van der Waals surface area contributed by atoms with Crippen LogP contribution in [0.2, 0.25) is 0 Å². The molecule has 6 atom stereocenters. The zero-order chi connectivity index (χ0) is 47.0. The lowest BCUT2D eigenvalue weighted by Gasteiger charge is -2.26. The third-order valence-electron chi connectivity index (χ3n) is 13.0. The van der Waals surface area contributed by atoms with Gasteiger partial charge in [0, 0.05) is 41.0 Å². The highest BCUT2D eigenvalue weighted by atomic mass is 16.5. The monoisotopic (exact) mass is 906 g/mol. The first kappa shape index (κ1) is 41.8. The molecule has 0 fully saturated rings. The quantitative estimate of drug-likeness (QED) is 0.0652. The molecule has 0 aromatic heterocycles. The molecular weight excluding hydrogens is 865 g/mol. The second-order valence-corrected chi connectivity index (χ2v) is 17.4. The minimum atomic E-state index is -0.718. The number of fused-ring (bicyclic) bond motifs is 3. The Morgan fingerprint density at radius 3 is 1.21 bits per heavy atom. The summed E-state index contributed by atoms with van der Waals surface area (Å²) in [4.78, 5) is 0. The molecule has 2 unspecified atom stereocenters. The van der Waals surface area contributed by atoms with Crippen molar-refractivity contribution in [2.24, 2.45) is 0 Å². The zero-order valence-corrected chi connectivity index (χ0v) is 35.8. The molecule has 0 bridgehead atoms. The summed E-state index contributed by atoms with van der Waals surface area (Å²) in [5.74, 6) is -0.981.